The predicted molar refractivity (Wildman–Crippen MR) is 41.5 cm³/mol. The minimum absolute atomic E-state index is 0.468. The van der Waals surface area contributed by atoms with Crippen LogP contribution in [0.2, 0.25) is 0 Å². The van der Waals surface area contributed by atoms with Crippen molar-refractivity contribution in [2.75, 3.05) is 6.67 Å². The van der Waals surface area contributed by atoms with E-state index in [2.05, 4.69) is 15.3 Å². The first kappa shape index (κ1) is 5.80. The number of fused-ring (bicyclic) bond motifs is 1. The molecule has 1 atom stereocenters. The number of rotatable bonds is 0. The molecule has 0 amide bonds. The highest BCUT2D eigenvalue weighted by molar-refractivity contribution is 5.83. The van der Waals surface area contributed by atoms with Gasteiger partial charge in [-0.1, -0.05) is 0 Å². The lowest BCUT2D eigenvalue weighted by Gasteiger charge is -2.21. The maximum absolute atomic E-state index is 4.08. The Bertz CT molecular complexity index is 215. The highest BCUT2D eigenvalue weighted by atomic mass is 15.1. The zero-order valence-corrected chi connectivity index (χ0v) is 5.62. The molecule has 0 radical (unpaired) electrons. The molecule has 10 heavy (non-hydrogen) atoms. The third-order valence-electron chi connectivity index (χ3n) is 1.74. The van der Waals surface area contributed by atoms with E-state index in [9.17, 15) is 0 Å². The van der Waals surface area contributed by atoms with E-state index in [0.29, 0.717) is 6.04 Å². The summed E-state index contributed by atoms with van der Waals surface area (Å²) in [5, 5.41) is 3.26. The zero-order valence-electron chi connectivity index (χ0n) is 5.62. The largest absolute Gasteiger partial charge is 0.291 e. The second-order valence-corrected chi connectivity index (χ2v) is 2.42. The smallest absolute Gasteiger partial charge is 0.0889 e. The molecule has 3 heteroatoms. The second-order valence-electron chi connectivity index (χ2n) is 2.42. The van der Waals surface area contributed by atoms with Crippen LogP contribution in [-0.2, 0) is 0 Å². The molecule has 0 aromatic heterocycles. The number of aliphatic imine (C=N–C) groups is 2. The molecule has 2 rings (SSSR count). The molecular weight excluding hydrogens is 126 g/mol. The topological polar surface area (TPSA) is 36.8 Å². The molecule has 2 aliphatic heterocycles. The van der Waals surface area contributed by atoms with Gasteiger partial charge in [0.1, 0.15) is 0 Å². The minimum atomic E-state index is 0.468. The molecule has 3 nitrogen and oxygen atoms in total. The van der Waals surface area contributed by atoms with Crippen molar-refractivity contribution in [1.82, 2.24) is 5.32 Å². The summed E-state index contributed by atoms with van der Waals surface area (Å²) in [5.74, 6) is 0. The van der Waals surface area contributed by atoms with Crippen molar-refractivity contribution in [1.29, 1.82) is 0 Å². The Morgan fingerprint density at radius 2 is 2.60 bits per heavy atom. The van der Waals surface area contributed by atoms with Gasteiger partial charge in [0.2, 0.25) is 0 Å². The van der Waals surface area contributed by atoms with Crippen LogP contribution in [0.3, 0.4) is 0 Å². The standard InChI is InChI=1S/C7H9N3/c1-2-8-3-6-4-9-5-10-7(1)6/h2-4,7,10H,1,5H2. The molecule has 0 saturated carbocycles. The van der Waals surface area contributed by atoms with Crippen LogP contribution in [0.15, 0.2) is 21.8 Å². The van der Waals surface area contributed by atoms with Gasteiger partial charge < -0.3 is 0 Å². The van der Waals surface area contributed by atoms with Crippen molar-refractivity contribution in [3.63, 3.8) is 0 Å². The zero-order chi connectivity index (χ0) is 6.81. The average molecular weight is 135 g/mol. The van der Waals surface area contributed by atoms with Gasteiger partial charge in [0.15, 0.2) is 0 Å². The van der Waals surface area contributed by atoms with Crippen LogP contribution in [0.4, 0.5) is 0 Å². The lowest BCUT2D eigenvalue weighted by atomic mass is 10.0. The van der Waals surface area contributed by atoms with Crippen molar-refractivity contribution in [2.45, 2.75) is 12.5 Å². The molecule has 0 aliphatic carbocycles. The normalized spacial score (nSPS) is 29.6. The third kappa shape index (κ3) is 0.885. The first-order chi connectivity index (χ1) is 4.97. The van der Waals surface area contributed by atoms with Crippen LogP contribution in [0.5, 0.6) is 0 Å². The minimum Gasteiger partial charge on any atom is -0.291 e. The molecule has 0 aromatic carbocycles. The summed E-state index contributed by atoms with van der Waals surface area (Å²) in [6, 6.07) is 0.468. The van der Waals surface area contributed by atoms with E-state index in [4.69, 9.17) is 0 Å². The molecule has 52 valence electrons. The van der Waals surface area contributed by atoms with Crippen molar-refractivity contribution in [2.24, 2.45) is 9.98 Å². The number of nitrogens with zero attached hydrogens (tertiary/aromatic N) is 2. The Morgan fingerprint density at radius 1 is 1.60 bits per heavy atom. The van der Waals surface area contributed by atoms with Gasteiger partial charge in [0, 0.05) is 36.7 Å². The van der Waals surface area contributed by atoms with Crippen molar-refractivity contribution in [3.8, 4) is 0 Å². The summed E-state index contributed by atoms with van der Waals surface area (Å²) in [4.78, 5) is 8.13. The van der Waals surface area contributed by atoms with Crippen molar-refractivity contribution >= 4 is 12.4 Å². The van der Waals surface area contributed by atoms with E-state index in [1.54, 1.807) is 0 Å². The van der Waals surface area contributed by atoms with Crippen molar-refractivity contribution in [3.05, 3.63) is 11.8 Å². The van der Waals surface area contributed by atoms with Gasteiger partial charge >= 0.3 is 0 Å². The fraction of sp³-hybridized carbons (Fsp3) is 0.429. The summed E-state index contributed by atoms with van der Waals surface area (Å²) in [6.07, 6.45) is 6.69. The highest BCUT2D eigenvalue weighted by Crippen LogP contribution is 2.10. The van der Waals surface area contributed by atoms with Gasteiger partial charge in [-0.25, -0.2) is 0 Å². The van der Waals surface area contributed by atoms with Crippen LogP contribution in [0, 0.1) is 0 Å². The first-order valence-electron chi connectivity index (χ1n) is 3.42. The van der Waals surface area contributed by atoms with E-state index in [-0.39, 0.29) is 0 Å². The Labute approximate surface area is 59.6 Å². The van der Waals surface area contributed by atoms with E-state index >= 15 is 0 Å². The van der Waals surface area contributed by atoms with Gasteiger partial charge in [-0.3, -0.25) is 15.3 Å². The van der Waals surface area contributed by atoms with E-state index < -0.39 is 0 Å². The predicted octanol–water partition coefficient (Wildman–Crippen LogP) is 0.345. The first-order valence-corrected chi connectivity index (χ1v) is 3.42. The third-order valence-corrected chi connectivity index (χ3v) is 1.74. The lowest BCUT2D eigenvalue weighted by Crippen LogP contribution is -2.36. The average Bonchev–Trinajstić information content (AvgIpc) is 2.05. The van der Waals surface area contributed by atoms with Gasteiger partial charge in [0.05, 0.1) is 6.67 Å². The number of nitrogens with one attached hydrogen (secondary N) is 1. The Kier molecular flexibility index (Phi) is 1.36. The van der Waals surface area contributed by atoms with Gasteiger partial charge in [-0.15, -0.1) is 0 Å². The van der Waals surface area contributed by atoms with Crippen LogP contribution in [0.25, 0.3) is 0 Å². The molecular formula is C7H9N3. The monoisotopic (exact) mass is 135 g/mol. The van der Waals surface area contributed by atoms with Crippen LogP contribution < -0.4 is 5.32 Å². The summed E-state index contributed by atoms with van der Waals surface area (Å²) in [5.41, 5.74) is 1.20. The van der Waals surface area contributed by atoms with Crippen molar-refractivity contribution < 1.29 is 0 Å². The quantitative estimate of drug-likeness (QED) is 0.511. The molecule has 1 N–H and O–H groups in total. The fourth-order valence-electron chi connectivity index (χ4n) is 1.17. The number of hydrogen-bond acceptors (Lipinski definition) is 3. The molecule has 1 unspecified atom stereocenters. The summed E-state index contributed by atoms with van der Waals surface area (Å²) < 4.78 is 0. The van der Waals surface area contributed by atoms with E-state index in [1.807, 2.05) is 18.6 Å². The summed E-state index contributed by atoms with van der Waals surface area (Å²) in [6.45, 7) is 0.746. The highest BCUT2D eigenvalue weighted by Gasteiger charge is 2.15. The summed E-state index contributed by atoms with van der Waals surface area (Å²) in [7, 11) is 0. The molecule has 0 bridgehead atoms. The van der Waals surface area contributed by atoms with Gasteiger partial charge in [0.25, 0.3) is 0 Å². The number of hydrogen-bond donors (Lipinski definition) is 1. The van der Waals surface area contributed by atoms with Gasteiger partial charge in [-0.05, 0) is 0 Å². The maximum atomic E-state index is 4.08. The molecule has 2 aliphatic rings. The Balaban J connectivity index is 2.27. The van der Waals surface area contributed by atoms with Crippen LogP contribution in [-0.4, -0.2) is 25.1 Å². The van der Waals surface area contributed by atoms with Crippen LogP contribution >= 0.6 is 0 Å². The SMILES string of the molecule is C1=NC=C2C=NCNC2C1. The van der Waals surface area contributed by atoms with E-state index in [1.165, 1.54) is 5.57 Å². The summed E-state index contributed by atoms with van der Waals surface area (Å²) >= 11 is 0. The Hall–Kier alpha value is -0.960. The molecule has 2 heterocycles. The molecule has 0 spiro atoms. The van der Waals surface area contributed by atoms with Gasteiger partial charge in [-0.2, -0.15) is 0 Å². The molecule has 0 fully saturated rings. The molecule has 0 aromatic rings. The fourth-order valence-corrected chi connectivity index (χ4v) is 1.17. The Morgan fingerprint density at radius 3 is 3.50 bits per heavy atom. The molecule has 0 saturated heterocycles. The lowest BCUT2D eigenvalue weighted by molar-refractivity contribution is 0.596. The second kappa shape index (κ2) is 2.34. The maximum Gasteiger partial charge on any atom is 0.0889 e. The van der Waals surface area contributed by atoms with E-state index in [0.717, 1.165) is 13.1 Å². The van der Waals surface area contributed by atoms with Crippen LogP contribution in [0.1, 0.15) is 6.42 Å².